The van der Waals surface area contributed by atoms with Crippen LogP contribution in [0.2, 0.25) is 0 Å². The van der Waals surface area contributed by atoms with Gasteiger partial charge in [-0.05, 0) is 29.8 Å². The first-order valence-electron chi connectivity index (χ1n) is 5.64. The standard InChI is InChI=1S/C13H11BrN2O3S/c14-10-5-9(6-11(15)7-10)8-20(19)13-4-2-1-3-12(13)16(17)18/h1-7H,8,15H2. The van der Waals surface area contributed by atoms with Crippen molar-refractivity contribution in [3.8, 4) is 0 Å². The molecule has 7 heteroatoms. The van der Waals surface area contributed by atoms with Gasteiger partial charge in [0, 0.05) is 16.2 Å². The number of nitrogen functional groups attached to an aromatic ring is 1. The fraction of sp³-hybridized carbons (Fsp3) is 0.0769. The normalized spacial score (nSPS) is 12.1. The molecule has 0 aliphatic carbocycles. The van der Waals surface area contributed by atoms with Gasteiger partial charge in [0.2, 0.25) is 0 Å². The largest absolute Gasteiger partial charge is 0.399 e. The van der Waals surface area contributed by atoms with Gasteiger partial charge in [0.1, 0.15) is 4.90 Å². The van der Waals surface area contributed by atoms with Gasteiger partial charge in [-0.1, -0.05) is 28.1 Å². The van der Waals surface area contributed by atoms with Crippen LogP contribution >= 0.6 is 15.9 Å². The molecule has 0 fully saturated rings. The highest BCUT2D eigenvalue weighted by molar-refractivity contribution is 9.10. The van der Waals surface area contributed by atoms with Crippen molar-refractivity contribution in [3.05, 3.63) is 62.6 Å². The average Bonchev–Trinajstić information content (AvgIpc) is 2.37. The van der Waals surface area contributed by atoms with Gasteiger partial charge in [0.05, 0.1) is 21.5 Å². The number of halogens is 1. The van der Waals surface area contributed by atoms with Crippen molar-refractivity contribution in [3.63, 3.8) is 0 Å². The number of nitrogens with two attached hydrogens (primary N) is 1. The first kappa shape index (κ1) is 14.7. The summed E-state index contributed by atoms with van der Waals surface area (Å²) in [5, 5.41) is 10.9. The van der Waals surface area contributed by atoms with Crippen LogP contribution in [0.5, 0.6) is 0 Å². The maximum Gasteiger partial charge on any atom is 0.285 e. The Morgan fingerprint density at radius 1 is 1.25 bits per heavy atom. The van der Waals surface area contributed by atoms with Gasteiger partial charge in [-0.2, -0.15) is 0 Å². The van der Waals surface area contributed by atoms with Gasteiger partial charge in [-0.15, -0.1) is 0 Å². The summed E-state index contributed by atoms with van der Waals surface area (Å²) in [5.41, 5.74) is 6.89. The van der Waals surface area contributed by atoms with Crippen LogP contribution in [-0.4, -0.2) is 9.13 Å². The van der Waals surface area contributed by atoms with Crippen LogP contribution < -0.4 is 5.73 Å². The number of benzene rings is 2. The summed E-state index contributed by atoms with van der Waals surface area (Å²) in [5.74, 6) is 0.175. The Morgan fingerprint density at radius 3 is 2.60 bits per heavy atom. The lowest BCUT2D eigenvalue weighted by Crippen LogP contribution is -2.01. The van der Waals surface area contributed by atoms with Gasteiger partial charge in [0.25, 0.3) is 5.69 Å². The maximum atomic E-state index is 12.3. The van der Waals surface area contributed by atoms with Gasteiger partial charge >= 0.3 is 0 Å². The van der Waals surface area contributed by atoms with Crippen LogP contribution in [-0.2, 0) is 16.6 Å². The van der Waals surface area contributed by atoms with Gasteiger partial charge in [-0.3, -0.25) is 14.3 Å². The van der Waals surface area contributed by atoms with Crippen LogP contribution in [0.25, 0.3) is 0 Å². The van der Waals surface area contributed by atoms with Crippen molar-refractivity contribution in [1.29, 1.82) is 0 Å². The number of anilines is 1. The van der Waals surface area contributed by atoms with Crippen LogP contribution in [0.4, 0.5) is 11.4 Å². The second-order valence-corrected chi connectivity index (χ2v) is 6.44. The van der Waals surface area contributed by atoms with Crippen LogP contribution in [0, 0.1) is 10.1 Å². The zero-order valence-electron chi connectivity index (χ0n) is 10.3. The van der Waals surface area contributed by atoms with Crippen molar-refractivity contribution < 1.29 is 9.13 Å². The molecule has 0 heterocycles. The molecule has 2 aromatic rings. The molecule has 0 aromatic heterocycles. The third kappa shape index (κ3) is 3.43. The molecule has 0 amide bonds. The van der Waals surface area contributed by atoms with E-state index in [2.05, 4.69) is 15.9 Å². The highest BCUT2D eigenvalue weighted by Gasteiger charge is 2.18. The number of nitro groups is 1. The molecule has 20 heavy (non-hydrogen) atoms. The summed E-state index contributed by atoms with van der Waals surface area (Å²) in [6.45, 7) is 0. The van der Waals surface area contributed by atoms with E-state index in [4.69, 9.17) is 5.73 Å². The van der Waals surface area contributed by atoms with Crippen molar-refractivity contribution in [2.75, 3.05) is 5.73 Å². The Labute approximate surface area is 126 Å². The molecular weight excluding hydrogens is 344 g/mol. The van der Waals surface area contributed by atoms with E-state index in [-0.39, 0.29) is 16.3 Å². The lowest BCUT2D eigenvalue weighted by atomic mass is 10.2. The second-order valence-electron chi connectivity index (χ2n) is 4.11. The number of para-hydroxylation sites is 1. The smallest absolute Gasteiger partial charge is 0.285 e. The van der Waals surface area contributed by atoms with E-state index in [0.717, 1.165) is 10.0 Å². The summed E-state index contributed by atoms with van der Waals surface area (Å²) in [4.78, 5) is 10.6. The third-order valence-corrected chi connectivity index (χ3v) is 4.47. The molecule has 1 unspecified atom stereocenters. The zero-order valence-corrected chi connectivity index (χ0v) is 12.7. The fourth-order valence-electron chi connectivity index (χ4n) is 1.79. The predicted molar refractivity (Wildman–Crippen MR) is 81.8 cm³/mol. The van der Waals surface area contributed by atoms with E-state index >= 15 is 0 Å². The molecule has 0 spiro atoms. The van der Waals surface area contributed by atoms with Gasteiger partial charge in [0.15, 0.2) is 0 Å². The Hall–Kier alpha value is -1.73. The maximum absolute atomic E-state index is 12.3. The minimum Gasteiger partial charge on any atom is -0.399 e. The lowest BCUT2D eigenvalue weighted by molar-refractivity contribution is -0.387. The molecule has 0 radical (unpaired) electrons. The summed E-state index contributed by atoms with van der Waals surface area (Å²) >= 11 is 3.31. The highest BCUT2D eigenvalue weighted by atomic mass is 79.9. The lowest BCUT2D eigenvalue weighted by Gasteiger charge is -2.05. The number of rotatable bonds is 4. The van der Waals surface area contributed by atoms with Gasteiger partial charge in [-0.25, -0.2) is 0 Å². The number of hydrogen-bond acceptors (Lipinski definition) is 4. The molecular formula is C13H11BrN2O3S. The molecule has 2 N–H and O–H groups in total. The molecule has 0 saturated carbocycles. The number of nitro benzene ring substituents is 1. The molecule has 0 bridgehead atoms. The van der Waals surface area contributed by atoms with E-state index in [0.29, 0.717) is 5.69 Å². The summed E-state index contributed by atoms with van der Waals surface area (Å²) in [6, 6.07) is 11.3. The SMILES string of the molecule is Nc1cc(Br)cc(CS(=O)c2ccccc2[N+](=O)[O-])c1. The van der Waals surface area contributed by atoms with E-state index in [1.54, 1.807) is 30.3 Å². The van der Waals surface area contributed by atoms with Crippen LogP contribution in [0.15, 0.2) is 51.8 Å². The minimum absolute atomic E-state index is 0.131. The first-order valence-corrected chi connectivity index (χ1v) is 7.75. The van der Waals surface area contributed by atoms with E-state index in [1.165, 1.54) is 12.1 Å². The number of hydrogen-bond donors (Lipinski definition) is 1. The first-order chi connectivity index (χ1) is 9.47. The van der Waals surface area contributed by atoms with Crippen LogP contribution in [0.3, 0.4) is 0 Å². The molecule has 0 aliphatic rings. The molecule has 1 atom stereocenters. The van der Waals surface area contributed by atoms with E-state index < -0.39 is 15.7 Å². The Morgan fingerprint density at radius 2 is 1.95 bits per heavy atom. The Bertz CT molecular complexity index is 671. The molecule has 0 aliphatic heterocycles. The van der Waals surface area contributed by atoms with Crippen molar-refractivity contribution in [2.45, 2.75) is 10.6 Å². The molecule has 5 nitrogen and oxygen atoms in total. The Balaban J connectivity index is 2.31. The number of nitrogens with zero attached hydrogens (tertiary/aromatic N) is 1. The summed E-state index contributed by atoms with van der Waals surface area (Å²) < 4.78 is 13.1. The van der Waals surface area contributed by atoms with Crippen LogP contribution in [0.1, 0.15) is 5.56 Å². The van der Waals surface area contributed by atoms with Crippen molar-refractivity contribution >= 4 is 38.1 Å². The van der Waals surface area contributed by atoms with E-state index in [9.17, 15) is 14.3 Å². The molecule has 2 aromatic carbocycles. The third-order valence-electron chi connectivity index (χ3n) is 2.58. The summed E-state index contributed by atoms with van der Waals surface area (Å²) in [7, 11) is -1.50. The molecule has 0 saturated heterocycles. The van der Waals surface area contributed by atoms with Gasteiger partial charge < -0.3 is 5.73 Å². The topological polar surface area (TPSA) is 86.2 Å². The Kier molecular flexibility index (Phi) is 4.51. The van der Waals surface area contributed by atoms with Crippen molar-refractivity contribution in [1.82, 2.24) is 0 Å². The predicted octanol–water partition coefficient (Wildman–Crippen LogP) is 3.25. The molecule has 104 valence electrons. The second kappa shape index (κ2) is 6.15. The quantitative estimate of drug-likeness (QED) is 0.518. The van der Waals surface area contributed by atoms with Crippen molar-refractivity contribution in [2.24, 2.45) is 0 Å². The monoisotopic (exact) mass is 354 g/mol. The minimum atomic E-state index is -1.50. The zero-order chi connectivity index (χ0) is 14.7. The summed E-state index contributed by atoms with van der Waals surface area (Å²) in [6.07, 6.45) is 0. The van der Waals surface area contributed by atoms with E-state index in [1.807, 2.05) is 0 Å². The fourth-order valence-corrected chi connectivity index (χ4v) is 3.58. The average molecular weight is 355 g/mol. The highest BCUT2D eigenvalue weighted by Crippen LogP contribution is 2.25. The molecule has 2 rings (SSSR count).